The summed E-state index contributed by atoms with van der Waals surface area (Å²) >= 11 is 0. The van der Waals surface area contributed by atoms with E-state index < -0.39 is 5.41 Å². The summed E-state index contributed by atoms with van der Waals surface area (Å²) in [7, 11) is 0. The van der Waals surface area contributed by atoms with Gasteiger partial charge in [0.05, 0.1) is 17.6 Å². The number of carbonyl (C=O) groups is 1. The molecule has 4 heteroatoms. The van der Waals surface area contributed by atoms with Crippen molar-refractivity contribution in [3.63, 3.8) is 0 Å². The summed E-state index contributed by atoms with van der Waals surface area (Å²) in [6, 6.07) is 14.2. The quantitative estimate of drug-likeness (QED) is 0.258. The highest BCUT2D eigenvalue weighted by Gasteiger charge is 2.20. The van der Waals surface area contributed by atoms with Crippen LogP contribution in [0.25, 0.3) is 17.7 Å². The van der Waals surface area contributed by atoms with E-state index in [9.17, 15) is 10.1 Å². The number of nitriles is 1. The molecule has 0 fully saturated rings. The van der Waals surface area contributed by atoms with Crippen molar-refractivity contribution in [1.29, 1.82) is 5.26 Å². The van der Waals surface area contributed by atoms with Crippen LogP contribution in [0.15, 0.2) is 79.9 Å². The summed E-state index contributed by atoms with van der Waals surface area (Å²) in [6.07, 6.45) is 15.8. The van der Waals surface area contributed by atoms with Crippen LogP contribution in [0.3, 0.4) is 0 Å². The molecule has 3 rings (SSSR count). The van der Waals surface area contributed by atoms with Crippen LogP contribution in [0.2, 0.25) is 0 Å². The molecule has 0 radical (unpaired) electrons. The van der Waals surface area contributed by atoms with Gasteiger partial charge in [0.2, 0.25) is 0 Å². The molecule has 1 aliphatic carbocycles. The fraction of sp³-hybridized carbons (Fsp3) is 0.273. The molecule has 0 saturated heterocycles. The summed E-state index contributed by atoms with van der Waals surface area (Å²) in [5, 5.41) is 13.3. The second-order valence-corrected chi connectivity index (χ2v) is 10.2. The Hall–Kier alpha value is -3.94. The average Bonchev–Trinajstić information content (AvgIpc) is 3.10. The molecule has 0 aliphatic heterocycles. The van der Waals surface area contributed by atoms with Gasteiger partial charge in [-0.15, -0.1) is 0 Å². The third-order valence-corrected chi connectivity index (χ3v) is 6.42. The van der Waals surface area contributed by atoms with Gasteiger partial charge in [-0.1, -0.05) is 80.0 Å². The van der Waals surface area contributed by atoms with Crippen molar-refractivity contribution in [2.75, 3.05) is 13.2 Å². The summed E-state index contributed by atoms with van der Waals surface area (Å²) < 4.78 is 5.96. The molecule has 37 heavy (non-hydrogen) atoms. The monoisotopic (exact) mass is 492 g/mol. The normalized spacial score (nSPS) is 16.9. The first-order valence-electron chi connectivity index (χ1n) is 12.6. The standard InChI is InChI=1S/C33H36N2O2/c1-6-26-13-12-25(19-27(26)7-2)21-32(3,4)35-17-10-18-37-31-15-14-28(20-30(31)23-34)29-11-8-9-16-33(5,22-29)24-36/h6-9,11-16,19-20,22,24,35H,1-2,10,17-18,21H2,3-5H3. The Morgan fingerprint density at radius 1 is 1.11 bits per heavy atom. The zero-order chi connectivity index (χ0) is 26.9. The topological polar surface area (TPSA) is 62.1 Å². The molecule has 0 spiro atoms. The van der Waals surface area contributed by atoms with Crippen molar-refractivity contribution in [3.8, 4) is 11.8 Å². The van der Waals surface area contributed by atoms with E-state index in [2.05, 4.69) is 56.6 Å². The molecule has 1 atom stereocenters. The van der Waals surface area contributed by atoms with Crippen LogP contribution in [-0.4, -0.2) is 25.0 Å². The lowest BCUT2D eigenvalue weighted by Crippen LogP contribution is -2.42. The largest absolute Gasteiger partial charge is 0.492 e. The molecule has 0 bridgehead atoms. The number of allylic oxidation sites excluding steroid dienone is 6. The first-order valence-corrected chi connectivity index (χ1v) is 12.6. The van der Waals surface area contributed by atoms with E-state index in [1.165, 1.54) is 5.56 Å². The maximum Gasteiger partial charge on any atom is 0.137 e. The van der Waals surface area contributed by atoms with Crippen LogP contribution in [0.1, 0.15) is 55.0 Å². The zero-order valence-corrected chi connectivity index (χ0v) is 22.1. The predicted octanol–water partition coefficient (Wildman–Crippen LogP) is 6.94. The van der Waals surface area contributed by atoms with Gasteiger partial charge in [-0.25, -0.2) is 0 Å². The van der Waals surface area contributed by atoms with E-state index in [-0.39, 0.29) is 5.54 Å². The van der Waals surface area contributed by atoms with E-state index in [4.69, 9.17) is 4.74 Å². The van der Waals surface area contributed by atoms with Crippen molar-refractivity contribution in [1.82, 2.24) is 5.32 Å². The summed E-state index contributed by atoms with van der Waals surface area (Å²) in [6.45, 7) is 15.3. The van der Waals surface area contributed by atoms with Crippen LogP contribution in [-0.2, 0) is 11.2 Å². The van der Waals surface area contributed by atoms with Crippen LogP contribution >= 0.6 is 0 Å². The minimum Gasteiger partial charge on any atom is -0.492 e. The lowest BCUT2D eigenvalue weighted by atomic mass is 9.88. The van der Waals surface area contributed by atoms with Crippen molar-refractivity contribution >= 4 is 24.0 Å². The molecule has 1 unspecified atom stereocenters. The lowest BCUT2D eigenvalue weighted by Gasteiger charge is -2.27. The number of aldehydes is 1. The Balaban J connectivity index is 1.55. The van der Waals surface area contributed by atoms with Crippen molar-refractivity contribution in [2.24, 2.45) is 5.41 Å². The molecule has 2 aromatic carbocycles. The van der Waals surface area contributed by atoms with E-state index in [1.54, 1.807) is 0 Å². The van der Waals surface area contributed by atoms with Gasteiger partial charge >= 0.3 is 0 Å². The van der Waals surface area contributed by atoms with Gasteiger partial charge in [-0.3, -0.25) is 0 Å². The first kappa shape index (κ1) is 27.6. The van der Waals surface area contributed by atoms with Crippen molar-refractivity contribution in [3.05, 3.63) is 108 Å². The number of nitrogens with one attached hydrogen (secondary N) is 1. The minimum absolute atomic E-state index is 0.0849. The lowest BCUT2D eigenvalue weighted by molar-refractivity contribution is -0.111. The van der Waals surface area contributed by atoms with Crippen LogP contribution in [0, 0.1) is 16.7 Å². The van der Waals surface area contributed by atoms with Gasteiger partial charge in [0.1, 0.15) is 18.1 Å². The molecule has 0 amide bonds. The van der Waals surface area contributed by atoms with Gasteiger partial charge in [-0.2, -0.15) is 5.26 Å². The molecule has 190 valence electrons. The fourth-order valence-corrected chi connectivity index (χ4v) is 4.38. The van der Waals surface area contributed by atoms with Crippen LogP contribution < -0.4 is 10.1 Å². The van der Waals surface area contributed by atoms with E-state index in [1.807, 2.05) is 67.7 Å². The Kier molecular flexibility index (Phi) is 9.22. The van der Waals surface area contributed by atoms with E-state index in [0.29, 0.717) is 17.9 Å². The number of benzene rings is 2. The van der Waals surface area contributed by atoms with E-state index >= 15 is 0 Å². The number of hydrogen-bond donors (Lipinski definition) is 1. The number of hydrogen-bond acceptors (Lipinski definition) is 4. The second-order valence-electron chi connectivity index (χ2n) is 10.2. The summed E-state index contributed by atoms with van der Waals surface area (Å²) in [5.74, 6) is 0.569. The molecule has 2 aromatic rings. The third-order valence-electron chi connectivity index (χ3n) is 6.42. The zero-order valence-electron chi connectivity index (χ0n) is 22.1. The number of nitrogens with zero attached hydrogens (tertiary/aromatic N) is 1. The van der Waals surface area contributed by atoms with Gasteiger partial charge < -0.3 is 14.8 Å². The van der Waals surface area contributed by atoms with Crippen molar-refractivity contribution in [2.45, 2.75) is 39.2 Å². The maximum absolute atomic E-state index is 11.6. The third kappa shape index (κ3) is 7.52. The molecule has 1 aliphatic rings. The minimum atomic E-state index is -0.676. The Morgan fingerprint density at radius 2 is 1.89 bits per heavy atom. The predicted molar refractivity (Wildman–Crippen MR) is 154 cm³/mol. The highest BCUT2D eigenvalue weighted by molar-refractivity contribution is 5.81. The molecular weight excluding hydrogens is 456 g/mol. The molecule has 0 saturated carbocycles. The molecular formula is C33H36N2O2. The van der Waals surface area contributed by atoms with Gasteiger partial charge in [0.25, 0.3) is 0 Å². The fourth-order valence-electron chi connectivity index (χ4n) is 4.38. The molecule has 4 nitrogen and oxygen atoms in total. The first-order chi connectivity index (χ1) is 17.7. The van der Waals surface area contributed by atoms with E-state index in [0.717, 1.165) is 47.9 Å². The molecule has 0 aromatic heterocycles. The average molecular weight is 493 g/mol. The summed E-state index contributed by atoms with van der Waals surface area (Å²) in [4.78, 5) is 11.6. The smallest absolute Gasteiger partial charge is 0.137 e. The molecule has 1 N–H and O–H groups in total. The SMILES string of the molecule is C=Cc1ccc(CC(C)(C)NCCCOc2ccc(C3=CC(C)(C=O)C=CC=C3)cc2C#N)cc1C=C. The highest BCUT2D eigenvalue weighted by Crippen LogP contribution is 2.30. The number of ether oxygens (including phenoxy) is 1. The molecule has 0 heterocycles. The highest BCUT2D eigenvalue weighted by atomic mass is 16.5. The Bertz CT molecular complexity index is 1290. The van der Waals surface area contributed by atoms with Crippen LogP contribution in [0.4, 0.5) is 0 Å². The van der Waals surface area contributed by atoms with Crippen molar-refractivity contribution < 1.29 is 9.53 Å². The van der Waals surface area contributed by atoms with Gasteiger partial charge in [0.15, 0.2) is 0 Å². The second kappa shape index (κ2) is 12.3. The van der Waals surface area contributed by atoms with Crippen LogP contribution in [0.5, 0.6) is 5.75 Å². The maximum atomic E-state index is 11.6. The number of carbonyl (C=O) groups excluding carboxylic acids is 1. The van der Waals surface area contributed by atoms with Gasteiger partial charge in [0, 0.05) is 5.54 Å². The Labute approximate surface area is 221 Å². The number of rotatable bonds is 12. The summed E-state index contributed by atoms with van der Waals surface area (Å²) in [5.41, 5.74) is 4.92. The van der Waals surface area contributed by atoms with Gasteiger partial charge in [-0.05, 0) is 80.1 Å². The Morgan fingerprint density at radius 3 is 2.59 bits per heavy atom.